The first kappa shape index (κ1) is 12.5. The highest BCUT2D eigenvalue weighted by molar-refractivity contribution is 9.10. The molecule has 0 fully saturated rings. The second-order valence-corrected chi connectivity index (χ2v) is 4.68. The lowest BCUT2D eigenvalue weighted by molar-refractivity contribution is 0.451. The lowest BCUT2D eigenvalue weighted by Gasteiger charge is -2.11. The second-order valence-electron chi connectivity index (χ2n) is 3.83. The Morgan fingerprint density at radius 1 is 1.28 bits per heavy atom. The van der Waals surface area contributed by atoms with Crippen molar-refractivity contribution in [1.82, 2.24) is 9.97 Å². The fraction of sp³-hybridized carbons (Fsp3) is 0.154. The summed E-state index contributed by atoms with van der Waals surface area (Å²) in [5, 5.41) is 8.89. The maximum absolute atomic E-state index is 8.89. The quantitative estimate of drug-likeness (QED) is 0.851. The first-order valence-electron chi connectivity index (χ1n) is 5.26. The molecular formula is C13H10BrN3O. The van der Waals surface area contributed by atoms with E-state index in [1.165, 1.54) is 6.33 Å². The number of aryl methyl sites for hydroxylation is 2. The van der Waals surface area contributed by atoms with Crippen LogP contribution in [0.1, 0.15) is 16.7 Å². The minimum Gasteiger partial charge on any atom is -0.437 e. The minimum atomic E-state index is 0.459. The van der Waals surface area contributed by atoms with Crippen LogP contribution in [-0.4, -0.2) is 9.97 Å². The van der Waals surface area contributed by atoms with Gasteiger partial charge >= 0.3 is 0 Å². The molecule has 18 heavy (non-hydrogen) atoms. The van der Waals surface area contributed by atoms with Gasteiger partial charge in [0.15, 0.2) is 0 Å². The zero-order chi connectivity index (χ0) is 13.1. The highest BCUT2D eigenvalue weighted by atomic mass is 79.9. The molecule has 0 amide bonds. The Bertz CT molecular complexity index is 611. The average Bonchev–Trinajstić information content (AvgIpc) is 2.35. The van der Waals surface area contributed by atoms with E-state index in [0.717, 1.165) is 11.1 Å². The molecular weight excluding hydrogens is 294 g/mol. The number of nitriles is 1. The first-order chi connectivity index (χ1) is 8.61. The normalized spacial score (nSPS) is 9.89. The SMILES string of the molecule is Cc1cc(C#N)cc(C)c1Oc1ncncc1Br. The van der Waals surface area contributed by atoms with Crippen molar-refractivity contribution < 1.29 is 4.74 Å². The van der Waals surface area contributed by atoms with Crippen LogP contribution in [0, 0.1) is 25.2 Å². The number of aromatic nitrogens is 2. The van der Waals surface area contributed by atoms with Crippen LogP contribution in [-0.2, 0) is 0 Å². The van der Waals surface area contributed by atoms with Gasteiger partial charge in [-0.2, -0.15) is 5.26 Å². The van der Waals surface area contributed by atoms with Crippen molar-refractivity contribution in [2.24, 2.45) is 0 Å². The van der Waals surface area contributed by atoms with Crippen LogP contribution in [0.4, 0.5) is 0 Å². The van der Waals surface area contributed by atoms with Crippen LogP contribution in [0.2, 0.25) is 0 Å². The van der Waals surface area contributed by atoms with Gasteiger partial charge in [-0.15, -0.1) is 0 Å². The smallest absolute Gasteiger partial charge is 0.236 e. The maximum Gasteiger partial charge on any atom is 0.236 e. The van der Waals surface area contributed by atoms with E-state index >= 15 is 0 Å². The first-order valence-corrected chi connectivity index (χ1v) is 6.06. The molecule has 1 aromatic carbocycles. The summed E-state index contributed by atoms with van der Waals surface area (Å²) < 4.78 is 6.45. The third kappa shape index (κ3) is 2.49. The van der Waals surface area contributed by atoms with Gasteiger partial charge in [-0.05, 0) is 53.0 Å². The molecule has 1 aromatic heterocycles. The molecule has 0 saturated carbocycles. The Hall–Kier alpha value is -1.93. The van der Waals surface area contributed by atoms with Gasteiger partial charge in [-0.1, -0.05) is 0 Å². The molecule has 0 saturated heterocycles. The number of hydrogen-bond acceptors (Lipinski definition) is 4. The summed E-state index contributed by atoms with van der Waals surface area (Å²) >= 11 is 3.33. The number of rotatable bonds is 2. The molecule has 0 N–H and O–H groups in total. The third-order valence-electron chi connectivity index (χ3n) is 2.42. The Morgan fingerprint density at radius 3 is 2.50 bits per heavy atom. The summed E-state index contributed by atoms with van der Waals surface area (Å²) in [5.74, 6) is 1.18. The molecule has 0 aliphatic rings. The van der Waals surface area contributed by atoms with Crippen molar-refractivity contribution in [1.29, 1.82) is 5.26 Å². The Balaban J connectivity index is 2.42. The molecule has 2 aromatic rings. The van der Waals surface area contributed by atoms with Gasteiger partial charge in [0, 0.05) is 6.20 Å². The van der Waals surface area contributed by atoms with Crippen molar-refractivity contribution >= 4 is 15.9 Å². The van der Waals surface area contributed by atoms with Crippen molar-refractivity contribution in [3.63, 3.8) is 0 Å². The van der Waals surface area contributed by atoms with Gasteiger partial charge < -0.3 is 4.74 Å². The highest BCUT2D eigenvalue weighted by Crippen LogP contribution is 2.31. The van der Waals surface area contributed by atoms with E-state index in [1.807, 2.05) is 13.8 Å². The van der Waals surface area contributed by atoms with Crippen molar-refractivity contribution in [3.8, 4) is 17.7 Å². The third-order valence-corrected chi connectivity index (χ3v) is 2.97. The zero-order valence-corrected chi connectivity index (χ0v) is 11.5. The minimum absolute atomic E-state index is 0.459. The van der Waals surface area contributed by atoms with Crippen LogP contribution in [0.25, 0.3) is 0 Å². The Kier molecular flexibility index (Phi) is 3.58. The van der Waals surface area contributed by atoms with E-state index in [9.17, 15) is 0 Å². The Labute approximate surface area is 113 Å². The molecule has 1 heterocycles. The zero-order valence-electron chi connectivity index (χ0n) is 9.94. The van der Waals surface area contributed by atoms with Crippen molar-refractivity contribution in [3.05, 3.63) is 45.8 Å². The summed E-state index contributed by atoms with van der Waals surface area (Å²) in [6.07, 6.45) is 3.05. The van der Waals surface area contributed by atoms with E-state index in [1.54, 1.807) is 18.3 Å². The van der Waals surface area contributed by atoms with Crippen LogP contribution >= 0.6 is 15.9 Å². The van der Waals surface area contributed by atoms with Gasteiger partial charge in [0.05, 0.1) is 16.1 Å². The second kappa shape index (κ2) is 5.15. The van der Waals surface area contributed by atoms with Gasteiger partial charge in [0.25, 0.3) is 0 Å². The predicted octanol–water partition coefficient (Wildman–Crippen LogP) is 3.52. The van der Waals surface area contributed by atoms with Crippen LogP contribution in [0.3, 0.4) is 0 Å². The molecule has 0 unspecified atom stereocenters. The largest absolute Gasteiger partial charge is 0.437 e. The maximum atomic E-state index is 8.89. The van der Waals surface area contributed by atoms with Crippen LogP contribution < -0.4 is 4.74 Å². The topological polar surface area (TPSA) is 58.8 Å². The molecule has 4 nitrogen and oxygen atoms in total. The predicted molar refractivity (Wildman–Crippen MR) is 70.4 cm³/mol. The summed E-state index contributed by atoms with van der Waals surface area (Å²) in [6, 6.07) is 5.70. The summed E-state index contributed by atoms with van der Waals surface area (Å²) in [6.45, 7) is 3.80. The van der Waals surface area contributed by atoms with E-state index in [4.69, 9.17) is 10.00 Å². The Morgan fingerprint density at radius 2 is 1.94 bits per heavy atom. The standard InChI is InChI=1S/C13H10BrN3O/c1-8-3-10(5-15)4-9(2)12(8)18-13-11(14)6-16-7-17-13/h3-4,6-7H,1-2H3. The van der Waals surface area contributed by atoms with Gasteiger partial charge in [-0.25, -0.2) is 9.97 Å². The molecule has 0 spiro atoms. The molecule has 0 bridgehead atoms. The number of ether oxygens (including phenoxy) is 1. The molecule has 2 rings (SSSR count). The molecule has 0 atom stereocenters. The molecule has 5 heteroatoms. The fourth-order valence-electron chi connectivity index (χ4n) is 1.65. The number of halogens is 1. The van der Waals surface area contributed by atoms with Gasteiger partial charge in [-0.3, -0.25) is 0 Å². The highest BCUT2D eigenvalue weighted by Gasteiger charge is 2.10. The van der Waals surface area contributed by atoms with E-state index in [-0.39, 0.29) is 0 Å². The van der Waals surface area contributed by atoms with E-state index in [0.29, 0.717) is 21.7 Å². The van der Waals surface area contributed by atoms with Gasteiger partial charge in [0.2, 0.25) is 5.88 Å². The average molecular weight is 304 g/mol. The summed E-state index contributed by atoms with van der Waals surface area (Å²) in [5.41, 5.74) is 2.42. The summed E-state index contributed by atoms with van der Waals surface area (Å²) in [7, 11) is 0. The van der Waals surface area contributed by atoms with Crippen molar-refractivity contribution in [2.45, 2.75) is 13.8 Å². The monoisotopic (exact) mass is 303 g/mol. The fourth-order valence-corrected chi connectivity index (χ4v) is 1.95. The van der Waals surface area contributed by atoms with Crippen molar-refractivity contribution in [2.75, 3.05) is 0 Å². The van der Waals surface area contributed by atoms with Crippen LogP contribution in [0.5, 0.6) is 11.6 Å². The molecule has 0 aliphatic carbocycles. The van der Waals surface area contributed by atoms with Gasteiger partial charge in [0.1, 0.15) is 12.1 Å². The number of nitrogens with zero attached hydrogens (tertiary/aromatic N) is 3. The number of benzene rings is 1. The molecule has 0 radical (unpaired) electrons. The molecule has 0 aliphatic heterocycles. The van der Waals surface area contributed by atoms with Crippen LogP contribution in [0.15, 0.2) is 29.1 Å². The number of hydrogen-bond donors (Lipinski definition) is 0. The summed E-state index contributed by atoms with van der Waals surface area (Å²) in [4.78, 5) is 7.93. The lowest BCUT2D eigenvalue weighted by Crippen LogP contribution is -1.95. The van der Waals surface area contributed by atoms with E-state index in [2.05, 4.69) is 32.0 Å². The van der Waals surface area contributed by atoms with E-state index < -0.39 is 0 Å². The lowest BCUT2D eigenvalue weighted by atomic mass is 10.1. The molecule has 90 valence electrons.